The average Bonchev–Trinajstić information content (AvgIpc) is 3.43. The average molecular weight is 521 g/mol. The monoisotopic (exact) mass is 520 g/mol. The highest BCUT2D eigenvalue weighted by Crippen LogP contribution is 2.42. The topological polar surface area (TPSA) is 99.2 Å². The van der Waals surface area contributed by atoms with Crippen LogP contribution in [0.5, 0.6) is 0 Å². The number of aromatic nitrogens is 5. The third kappa shape index (κ3) is 4.56. The van der Waals surface area contributed by atoms with Gasteiger partial charge in [-0.3, -0.25) is 14.5 Å². The smallest absolute Gasteiger partial charge is 0.411 e. The molecule has 1 fully saturated rings. The van der Waals surface area contributed by atoms with Gasteiger partial charge in [-0.2, -0.15) is 0 Å². The van der Waals surface area contributed by atoms with E-state index in [1.165, 1.54) is 0 Å². The zero-order chi connectivity index (χ0) is 25.7. The highest BCUT2D eigenvalue weighted by atomic mass is 35.5. The van der Waals surface area contributed by atoms with Crippen molar-refractivity contribution in [3.63, 3.8) is 0 Å². The van der Waals surface area contributed by atoms with Gasteiger partial charge >= 0.3 is 6.09 Å². The van der Waals surface area contributed by atoms with E-state index in [1.807, 2.05) is 51.1 Å². The molecule has 192 valence electrons. The lowest BCUT2D eigenvalue weighted by Crippen LogP contribution is -2.35. The summed E-state index contributed by atoms with van der Waals surface area (Å²) >= 11 is 6.37. The third-order valence-electron chi connectivity index (χ3n) is 7.12. The van der Waals surface area contributed by atoms with Crippen molar-refractivity contribution in [3.05, 3.63) is 64.5 Å². The van der Waals surface area contributed by atoms with Crippen molar-refractivity contribution in [2.45, 2.75) is 77.0 Å². The van der Waals surface area contributed by atoms with Gasteiger partial charge < -0.3 is 9.26 Å². The minimum Gasteiger partial charge on any atom is -0.444 e. The van der Waals surface area contributed by atoms with Crippen molar-refractivity contribution in [3.8, 4) is 5.69 Å². The van der Waals surface area contributed by atoms with Crippen LogP contribution < -0.4 is 0 Å². The SMILES string of the molecule is CC(C)(C)OC(=O)N1Cc2cc(Cl)ccc2-n2c(nnc2[C@H]2CC[C@H](c3noc4cccnc43)CC2)C1. The van der Waals surface area contributed by atoms with Crippen LogP contribution in [0.3, 0.4) is 0 Å². The van der Waals surface area contributed by atoms with E-state index in [2.05, 4.69) is 24.9 Å². The van der Waals surface area contributed by atoms with Crippen molar-refractivity contribution < 1.29 is 14.1 Å². The number of rotatable bonds is 2. The molecule has 1 amide bonds. The Balaban J connectivity index is 1.29. The van der Waals surface area contributed by atoms with Gasteiger partial charge in [0.05, 0.1) is 18.8 Å². The summed E-state index contributed by atoms with van der Waals surface area (Å²) < 4.78 is 13.3. The molecule has 3 aromatic heterocycles. The molecule has 4 aromatic rings. The number of nitrogens with zero attached hydrogens (tertiary/aromatic N) is 6. The largest absolute Gasteiger partial charge is 0.444 e. The van der Waals surface area contributed by atoms with Gasteiger partial charge in [0.25, 0.3) is 0 Å². The Kier molecular flexibility index (Phi) is 5.90. The highest BCUT2D eigenvalue weighted by molar-refractivity contribution is 6.30. The van der Waals surface area contributed by atoms with Crippen LogP contribution in [-0.4, -0.2) is 41.5 Å². The zero-order valence-electron chi connectivity index (χ0n) is 21.1. The van der Waals surface area contributed by atoms with E-state index in [9.17, 15) is 4.79 Å². The van der Waals surface area contributed by atoms with Crippen molar-refractivity contribution in [2.24, 2.45) is 0 Å². The van der Waals surface area contributed by atoms with Crippen LogP contribution in [0.4, 0.5) is 4.79 Å². The molecule has 9 nitrogen and oxygen atoms in total. The minimum atomic E-state index is -0.595. The van der Waals surface area contributed by atoms with Crippen LogP contribution in [0, 0.1) is 0 Å². The maximum atomic E-state index is 13.0. The molecule has 0 unspecified atom stereocenters. The lowest BCUT2D eigenvalue weighted by Gasteiger charge is -2.27. The number of amides is 1. The number of pyridine rings is 1. The van der Waals surface area contributed by atoms with Crippen LogP contribution in [0.1, 0.15) is 81.2 Å². The van der Waals surface area contributed by atoms with E-state index in [4.69, 9.17) is 20.9 Å². The predicted molar refractivity (Wildman–Crippen MR) is 138 cm³/mol. The second-order valence-corrected chi connectivity index (χ2v) is 11.3. The summed E-state index contributed by atoms with van der Waals surface area (Å²) in [5.41, 5.74) is 3.83. The first-order valence-electron chi connectivity index (χ1n) is 12.7. The molecule has 6 rings (SSSR count). The standard InChI is InChI=1S/C27H29ClN6O3/c1-27(2,3)36-26(35)33-14-18-13-19(28)10-11-20(18)34-22(15-33)30-31-25(34)17-8-6-16(7-9-17)23-24-21(37-32-23)5-4-12-29-24/h4-5,10-13,16-17H,6-9,14-15H2,1-3H3/t16-,17-. The van der Waals surface area contributed by atoms with E-state index in [0.717, 1.165) is 65.4 Å². The number of ether oxygens (including phenoxy) is 1. The fourth-order valence-electron chi connectivity index (χ4n) is 5.44. The molecule has 0 radical (unpaired) electrons. The maximum absolute atomic E-state index is 13.0. The summed E-state index contributed by atoms with van der Waals surface area (Å²) in [5.74, 6) is 2.18. The van der Waals surface area contributed by atoms with Gasteiger partial charge in [0, 0.05) is 23.1 Å². The first-order valence-corrected chi connectivity index (χ1v) is 13.1. The van der Waals surface area contributed by atoms with Crippen LogP contribution in [0.25, 0.3) is 16.8 Å². The third-order valence-corrected chi connectivity index (χ3v) is 7.35. The number of carbonyl (C=O) groups is 1. The Bertz CT molecular complexity index is 1460. The van der Waals surface area contributed by atoms with Crippen molar-refractivity contribution in [1.82, 2.24) is 29.8 Å². The highest BCUT2D eigenvalue weighted by Gasteiger charge is 2.34. The number of benzene rings is 1. The van der Waals surface area contributed by atoms with Crippen LogP contribution >= 0.6 is 11.6 Å². The molecule has 0 atom stereocenters. The zero-order valence-corrected chi connectivity index (χ0v) is 21.9. The van der Waals surface area contributed by atoms with Gasteiger partial charge in [0.1, 0.15) is 22.6 Å². The summed E-state index contributed by atoms with van der Waals surface area (Å²) in [5, 5.41) is 14.2. The second kappa shape index (κ2) is 9.13. The fourth-order valence-corrected chi connectivity index (χ4v) is 5.63. The van der Waals surface area contributed by atoms with Crippen molar-refractivity contribution in [2.75, 3.05) is 0 Å². The van der Waals surface area contributed by atoms with E-state index in [-0.39, 0.29) is 12.0 Å². The van der Waals surface area contributed by atoms with Crippen molar-refractivity contribution >= 4 is 28.8 Å². The first-order chi connectivity index (χ1) is 17.8. The van der Waals surface area contributed by atoms with Crippen LogP contribution in [0.15, 0.2) is 41.1 Å². The van der Waals surface area contributed by atoms with Crippen molar-refractivity contribution in [1.29, 1.82) is 0 Å². The molecule has 0 bridgehead atoms. The number of carbonyl (C=O) groups excluding carboxylic acids is 1. The van der Waals surface area contributed by atoms with E-state index < -0.39 is 5.60 Å². The second-order valence-electron chi connectivity index (χ2n) is 10.9. The Morgan fingerprint density at radius 2 is 1.86 bits per heavy atom. The Hall–Kier alpha value is -3.46. The molecule has 2 aliphatic rings. The maximum Gasteiger partial charge on any atom is 0.411 e. The van der Waals surface area contributed by atoms with E-state index in [0.29, 0.717) is 24.0 Å². The van der Waals surface area contributed by atoms with E-state index in [1.54, 1.807) is 11.1 Å². The van der Waals surface area contributed by atoms with Gasteiger partial charge in [0.15, 0.2) is 11.4 Å². The predicted octanol–water partition coefficient (Wildman–Crippen LogP) is 6.15. The molecule has 0 N–H and O–H groups in total. The molecule has 1 aliphatic heterocycles. The van der Waals surface area contributed by atoms with Gasteiger partial charge in [-0.15, -0.1) is 10.2 Å². The first kappa shape index (κ1) is 23.9. The van der Waals surface area contributed by atoms with Crippen LogP contribution in [0.2, 0.25) is 5.02 Å². The molecule has 10 heteroatoms. The molecule has 1 saturated carbocycles. The van der Waals surface area contributed by atoms with Gasteiger partial charge in [-0.25, -0.2) is 4.79 Å². The summed E-state index contributed by atoms with van der Waals surface area (Å²) in [6.07, 6.45) is 5.21. The normalized spacial score (nSPS) is 19.8. The quantitative estimate of drug-likeness (QED) is 0.312. The molecular weight excluding hydrogens is 492 g/mol. The summed E-state index contributed by atoms with van der Waals surface area (Å²) in [6.45, 7) is 6.28. The lowest BCUT2D eigenvalue weighted by atomic mass is 9.80. The molecule has 4 heterocycles. The molecule has 0 saturated heterocycles. The Morgan fingerprint density at radius 1 is 1.08 bits per heavy atom. The van der Waals surface area contributed by atoms with Gasteiger partial charge in [0.2, 0.25) is 0 Å². The summed E-state index contributed by atoms with van der Waals surface area (Å²) in [7, 11) is 0. The van der Waals surface area contributed by atoms with Crippen LogP contribution in [-0.2, 0) is 17.8 Å². The number of halogens is 1. The molecule has 1 aromatic carbocycles. The molecule has 37 heavy (non-hydrogen) atoms. The summed E-state index contributed by atoms with van der Waals surface area (Å²) in [4.78, 5) is 19.2. The number of hydrogen-bond acceptors (Lipinski definition) is 7. The lowest BCUT2D eigenvalue weighted by molar-refractivity contribution is 0.0214. The number of fused-ring (bicyclic) bond motifs is 4. The summed E-state index contributed by atoms with van der Waals surface area (Å²) in [6, 6.07) is 9.54. The molecule has 0 spiro atoms. The minimum absolute atomic E-state index is 0.236. The fraction of sp³-hybridized carbons (Fsp3) is 0.444. The Morgan fingerprint density at radius 3 is 2.65 bits per heavy atom. The number of hydrogen-bond donors (Lipinski definition) is 0. The van der Waals surface area contributed by atoms with Gasteiger partial charge in [-0.05, 0) is 82.3 Å². The Labute approximate surface area is 219 Å². The molecule has 1 aliphatic carbocycles. The molecular formula is C27H29ClN6O3. The van der Waals surface area contributed by atoms with Gasteiger partial charge in [-0.1, -0.05) is 16.8 Å². The van der Waals surface area contributed by atoms with E-state index >= 15 is 0 Å².